The molecule has 0 saturated carbocycles. The predicted molar refractivity (Wildman–Crippen MR) is 99.1 cm³/mol. The number of halogens is 2. The first-order valence-corrected chi connectivity index (χ1v) is 8.84. The molecule has 0 atom stereocenters. The van der Waals surface area contributed by atoms with Crippen molar-refractivity contribution in [1.29, 1.82) is 0 Å². The number of carbonyl (C=O) groups is 1. The number of amides is 1. The second-order valence-electron chi connectivity index (χ2n) is 5.52. The molecule has 0 aliphatic carbocycles. The SMILES string of the molecule is COc1cccc(C(=O)Nc2ccc(Sc3nncn3C)cc2)c1OC(F)F. The fourth-order valence-corrected chi connectivity index (χ4v) is 3.10. The van der Waals surface area contributed by atoms with E-state index in [1.165, 1.54) is 37.1 Å². The first kappa shape index (κ1) is 19.6. The van der Waals surface area contributed by atoms with Gasteiger partial charge in [-0.3, -0.25) is 4.79 Å². The third-order valence-corrected chi connectivity index (χ3v) is 4.70. The van der Waals surface area contributed by atoms with E-state index in [0.717, 1.165) is 10.1 Å². The van der Waals surface area contributed by atoms with Gasteiger partial charge in [0.2, 0.25) is 0 Å². The Hall–Kier alpha value is -3.14. The van der Waals surface area contributed by atoms with E-state index in [9.17, 15) is 13.6 Å². The fraction of sp³-hybridized carbons (Fsp3) is 0.167. The molecule has 0 unspecified atom stereocenters. The monoisotopic (exact) mass is 406 g/mol. The smallest absolute Gasteiger partial charge is 0.387 e. The average molecular weight is 406 g/mol. The Bertz CT molecular complexity index is 964. The third-order valence-electron chi connectivity index (χ3n) is 3.64. The minimum Gasteiger partial charge on any atom is -0.493 e. The van der Waals surface area contributed by atoms with Gasteiger partial charge in [0.05, 0.1) is 12.7 Å². The second-order valence-corrected chi connectivity index (χ2v) is 6.56. The van der Waals surface area contributed by atoms with E-state index in [1.54, 1.807) is 35.2 Å². The zero-order valence-electron chi connectivity index (χ0n) is 14.9. The standard InChI is InChI=1S/C18H16F2N4O3S/c1-24-10-21-23-18(24)28-12-8-6-11(7-9-12)22-16(25)13-4-3-5-14(26-2)15(13)27-17(19)20/h3-10,17H,1-2H3,(H,22,25). The van der Waals surface area contributed by atoms with Crippen LogP contribution < -0.4 is 14.8 Å². The number of nitrogens with one attached hydrogen (secondary N) is 1. The number of methoxy groups -OCH3 is 1. The van der Waals surface area contributed by atoms with Crippen molar-refractivity contribution in [2.45, 2.75) is 16.7 Å². The summed E-state index contributed by atoms with van der Waals surface area (Å²) in [6, 6.07) is 11.3. The zero-order valence-corrected chi connectivity index (χ0v) is 15.7. The Labute approximate surface area is 163 Å². The number of ether oxygens (including phenoxy) is 2. The number of aryl methyl sites for hydroxylation is 1. The Morgan fingerprint density at radius 3 is 2.57 bits per heavy atom. The highest BCUT2D eigenvalue weighted by atomic mass is 32.2. The summed E-state index contributed by atoms with van der Waals surface area (Å²) in [4.78, 5) is 13.5. The van der Waals surface area contributed by atoms with Crippen LogP contribution in [-0.4, -0.2) is 34.4 Å². The van der Waals surface area contributed by atoms with Crippen LogP contribution in [0.4, 0.5) is 14.5 Å². The highest BCUT2D eigenvalue weighted by Crippen LogP contribution is 2.33. The quantitative estimate of drug-likeness (QED) is 0.643. The fourth-order valence-electron chi connectivity index (χ4n) is 2.34. The van der Waals surface area contributed by atoms with Crippen LogP contribution in [-0.2, 0) is 7.05 Å². The van der Waals surface area contributed by atoms with Crippen molar-refractivity contribution in [3.05, 3.63) is 54.4 Å². The molecule has 3 aromatic rings. The molecule has 146 valence electrons. The first-order chi connectivity index (χ1) is 13.5. The van der Waals surface area contributed by atoms with E-state index in [4.69, 9.17) is 4.74 Å². The lowest BCUT2D eigenvalue weighted by Crippen LogP contribution is -2.15. The van der Waals surface area contributed by atoms with E-state index in [1.807, 2.05) is 7.05 Å². The van der Waals surface area contributed by atoms with Crippen LogP contribution >= 0.6 is 11.8 Å². The molecular formula is C18H16F2N4O3S. The molecule has 1 N–H and O–H groups in total. The van der Waals surface area contributed by atoms with Gasteiger partial charge in [-0.05, 0) is 48.2 Å². The van der Waals surface area contributed by atoms with Crippen LogP contribution in [0.1, 0.15) is 10.4 Å². The lowest BCUT2D eigenvalue weighted by molar-refractivity contribution is -0.0515. The first-order valence-electron chi connectivity index (χ1n) is 8.03. The number of nitrogens with zero attached hydrogens (tertiary/aromatic N) is 3. The van der Waals surface area contributed by atoms with Gasteiger partial charge < -0.3 is 19.4 Å². The summed E-state index contributed by atoms with van der Waals surface area (Å²) in [5, 5.41) is 11.2. The normalized spacial score (nSPS) is 10.8. The summed E-state index contributed by atoms with van der Waals surface area (Å²) in [5.74, 6) is -0.862. The van der Waals surface area contributed by atoms with Gasteiger partial charge in [0.1, 0.15) is 6.33 Å². The van der Waals surface area contributed by atoms with Crippen molar-refractivity contribution < 1.29 is 23.0 Å². The summed E-state index contributed by atoms with van der Waals surface area (Å²) >= 11 is 1.42. The highest BCUT2D eigenvalue weighted by molar-refractivity contribution is 7.99. The number of benzene rings is 2. The van der Waals surface area contributed by atoms with Gasteiger partial charge in [0, 0.05) is 17.6 Å². The van der Waals surface area contributed by atoms with Crippen LogP contribution in [0.15, 0.2) is 58.8 Å². The van der Waals surface area contributed by atoms with Crippen LogP contribution in [0.3, 0.4) is 0 Å². The zero-order chi connectivity index (χ0) is 20.1. The Kier molecular flexibility index (Phi) is 6.09. The van der Waals surface area contributed by atoms with Gasteiger partial charge >= 0.3 is 6.61 Å². The predicted octanol–water partition coefficient (Wildman–Crippen LogP) is 3.83. The van der Waals surface area contributed by atoms with E-state index in [-0.39, 0.29) is 17.1 Å². The van der Waals surface area contributed by atoms with Gasteiger partial charge in [0.25, 0.3) is 5.91 Å². The summed E-state index contributed by atoms with van der Waals surface area (Å²) in [6.07, 6.45) is 1.60. The number of hydrogen-bond acceptors (Lipinski definition) is 6. The molecule has 0 fully saturated rings. The summed E-state index contributed by atoms with van der Waals surface area (Å²) < 4.78 is 36.7. The molecule has 3 rings (SSSR count). The topological polar surface area (TPSA) is 78.3 Å². The maximum absolute atomic E-state index is 12.7. The van der Waals surface area contributed by atoms with Crippen molar-refractivity contribution in [3.63, 3.8) is 0 Å². The average Bonchev–Trinajstić information content (AvgIpc) is 3.07. The number of hydrogen-bond donors (Lipinski definition) is 1. The summed E-state index contributed by atoms with van der Waals surface area (Å²) in [5.41, 5.74) is 0.440. The number of rotatable bonds is 7. The maximum atomic E-state index is 12.7. The van der Waals surface area contributed by atoms with Crippen molar-refractivity contribution in [3.8, 4) is 11.5 Å². The van der Waals surface area contributed by atoms with Gasteiger partial charge in [-0.2, -0.15) is 8.78 Å². The summed E-state index contributed by atoms with van der Waals surface area (Å²) in [6.45, 7) is -3.08. The van der Waals surface area contributed by atoms with Crippen LogP contribution in [0.2, 0.25) is 0 Å². The number of aromatic nitrogens is 3. The van der Waals surface area contributed by atoms with Crippen molar-refractivity contribution in [2.75, 3.05) is 12.4 Å². The lowest BCUT2D eigenvalue weighted by Gasteiger charge is -2.14. The van der Waals surface area contributed by atoms with Crippen LogP contribution in [0.25, 0.3) is 0 Å². The molecule has 28 heavy (non-hydrogen) atoms. The van der Waals surface area contributed by atoms with E-state index in [0.29, 0.717) is 5.69 Å². The Morgan fingerprint density at radius 2 is 1.96 bits per heavy atom. The Balaban J connectivity index is 1.75. The molecule has 1 aromatic heterocycles. The minimum absolute atomic E-state index is 0.0448. The third kappa shape index (κ3) is 4.58. The number of alkyl halides is 2. The lowest BCUT2D eigenvalue weighted by atomic mass is 10.1. The molecule has 0 saturated heterocycles. The second kappa shape index (κ2) is 8.70. The van der Waals surface area contributed by atoms with Crippen LogP contribution in [0.5, 0.6) is 11.5 Å². The van der Waals surface area contributed by atoms with E-state index >= 15 is 0 Å². The molecule has 1 heterocycles. The molecule has 0 bridgehead atoms. The molecule has 10 heteroatoms. The largest absolute Gasteiger partial charge is 0.493 e. The van der Waals surface area contributed by atoms with E-state index < -0.39 is 12.5 Å². The van der Waals surface area contributed by atoms with Gasteiger partial charge in [0.15, 0.2) is 16.7 Å². The molecule has 0 aliphatic rings. The van der Waals surface area contributed by atoms with Crippen molar-refractivity contribution in [1.82, 2.24) is 14.8 Å². The van der Waals surface area contributed by atoms with Gasteiger partial charge in [-0.15, -0.1) is 10.2 Å². The highest BCUT2D eigenvalue weighted by Gasteiger charge is 2.20. The minimum atomic E-state index is -3.08. The molecular weight excluding hydrogens is 390 g/mol. The number of anilines is 1. The van der Waals surface area contributed by atoms with Crippen LogP contribution in [0, 0.1) is 0 Å². The summed E-state index contributed by atoms with van der Waals surface area (Å²) in [7, 11) is 3.15. The van der Waals surface area contributed by atoms with E-state index in [2.05, 4.69) is 20.3 Å². The molecule has 2 aromatic carbocycles. The number of para-hydroxylation sites is 1. The van der Waals surface area contributed by atoms with Gasteiger partial charge in [-0.25, -0.2) is 0 Å². The van der Waals surface area contributed by atoms with Crippen molar-refractivity contribution in [2.24, 2.45) is 7.05 Å². The molecule has 0 spiro atoms. The molecule has 0 radical (unpaired) electrons. The maximum Gasteiger partial charge on any atom is 0.387 e. The van der Waals surface area contributed by atoms with Crippen molar-refractivity contribution >= 4 is 23.4 Å². The Morgan fingerprint density at radius 1 is 1.21 bits per heavy atom. The van der Waals surface area contributed by atoms with Gasteiger partial charge in [-0.1, -0.05) is 6.07 Å². The molecule has 1 amide bonds. The molecule has 7 nitrogen and oxygen atoms in total. The molecule has 0 aliphatic heterocycles. The number of carbonyl (C=O) groups excluding carboxylic acids is 1.